The minimum Gasteiger partial charge on any atom is -0.316 e. The molecule has 1 aliphatic heterocycles. The lowest BCUT2D eigenvalue weighted by atomic mass is 10.1. The van der Waals surface area contributed by atoms with Gasteiger partial charge in [-0.15, -0.1) is 11.3 Å². The standard InChI is InChI=1S/C23H23N5S/c1-16-15-29-23(25-16)27-22-8-2-6-20(26-22)21-7-4-12-28(21)14-17-9-10-19-18(13-17)5-3-11-24-19/h2-3,5-6,8-11,13,15,21H,4,7,12,14H2,1H3,(H,25,26,27)/t21-/m1/s1. The summed E-state index contributed by atoms with van der Waals surface area (Å²) < 4.78 is 0. The molecule has 0 aliphatic carbocycles. The number of pyridine rings is 2. The third-order valence-electron chi connectivity index (χ3n) is 5.38. The highest BCUT2D eigenvalue weighted by atomic mass is 32.1. The second-order valence-corrected chi connectivity index (χ2v) is 8.38. The van der Waals surface area contributed by atoms with E-state index in [2.05, 4.69) is 56.6 Å². The van der Waals surface area contributed by atoms with Gasteiger partial charge in [-0.25, -0.2) is 9.97 Å². The van der Waals surface area contributed by atoms with E-state index >= 15 is 0 Å². The fraction of sp³-hybridized carbons (Fsp3) is 0.261. The van der Waals surface area contributed by atoms with Gasteiger partial charge in [0.15, 0.2) is 5.13 Å². The van der Waals surface area contributed by atoms with Crippen LogP contribution in [0.4, 0.5) is 10.9 Å². The molecule has 1 aliphatic rings. The molecule has 1 fully saturated rings. The lowest BCUT2D eigenvalue weighted by Gasteiger charge is -2.24. The van der Waals surface area contributed by atoms with Gasteiger partial charge in [0.2, 0.25) is 0 Å². The monoisotopic (exact) mass is 401 g/mol. The van der Waals surface area contributed by atoms with Crippen LogP contribution in [0.15, 0.2) is 60.1 Å². The number of aromatic nitrogens is 3. The van der Waals surface area contributed by atoms with Crippen LogP contribution in [-0.2, 0) is 6.54 Å². The van der Waals surface area contributed by atoms with Crippen molar-refractivity contribution in [2.75, 3.05) is 11.9 Å². The summed E-state index contributed by atoms with van der Waals surface area (Å²) in [6.07, 6.45) is 4.19. The van der Waals surface area contributed by atoms with Gasteiger partial charge in [0.05, 0.1) is 22.9 Å². The first-order valence-corrected chi connectivity index (χ1v) is 10.9. The molecule has 0 spiro atoms. The van der Waals surface area contributed by atoms with Gasteiger partial charge in [-0.05, 0) is 62.2 Å². The molecule has 6 heteroatoms. The van der Waals surface area contributed by atoms with E-state index in [0.717, 1.165) is 47.4 Å². The Hall–Kier alpha value is -2.83. The third kappa shape index (κ3) is 3.99. The van der Waals surface area contributed by atoms with Crippen LogP contribution in [0, 0.1) is 6.92 Å². The maximum atomic E-state index is 4.90. The van der Waals surface area contributed by atoms with Crippen LogP contribution in [0.2, 0.25) is 0 Å². The highest BCUT2D eigenvalue weighted by Crippen LogP contribution is 2.33. The summed E-state index contributed by atoms with van der Waals surface area (Å²) in [7, 11) is 0. The number of likely N-dealkylation sites (tertiary alicyclic amines) is 1. The van der Waals surface area contributed by atoms with Gasteiger partial charge in [0, 0.05) is 23.5 Å². The molecule has 4 aromatic rings. The van der Waals surface area contributed by atoms with Crippen molar-refractivity contribution in [2.24, 2.45) is 0 Å². The van der Waals surface area contributed by atoms with E-state index in [1.165, 1.54) is 17.4 Å². The molecule has 0 radical (unpaired) electrons. The number of thiazole rings is 1. The second kappa shape index (κ2) is 7.89. The van der Waals surface area contributed by atoms with Crippen LogP contribution in [0.25, 0.3) is 10.9 Å². The maximum absolute atomic E-state index is 4.90. The van der Waals surface area contributed by atoms with E-state index in [0.29, 0.717) is 6.04 Å². The molecule has 1 atom stereocenters. The maximum Gasteiger partial charge on any atom is 0.188 e. The van der Waals surface area contributed by atoms with Crippen LogP contribution < -0.4 is 5.32 Å². The molecule has 0 amide bonds. The summed E-state index contributed by atoms with van der Waals surface area (Å²) in [6, 6.07) is 17.3. The number of rotatable bonds is 5. The first-order valence-electron chi connectivity index (χ1n) is 9.98. The molecule has 29 heavy (non-hydrogen) atoms. The lowest BCUT2D eigenvalue weighted by Crippen LogP contribution is -2.23. The molecule has 5 nitrogen and oxygen atoms in total. The fourth-order valence-corrected chi connectivity index (χ4v) is 4.73. The molecule has 1 saturated heterocycles. The molecule has 4 heterocycles. The first kappa shape index (κ1) is 18.2. The van der Waals surface area contributed by atoms with Gasteiger partial charge in [0.25, 0.3) is 0 Å². The molecule has 0 unspecified atom stereocenters. The number of hydrogen-bond donors (Lipinski definition) is 1. The van der Waals surface area contributed by atoms with Crippen molar-refractivity contribution in [3.8, 4) is 0 Å². The lowest BCUT2D eigenvalue weighted by molar-refractivity contribution is 0.244. The van der Waals surface area contributed by atoms with Crippen molar-refractivity contribution in [3.05, 3.63) is 77.1 Å². The number of aryl methyl sites for hydroxylation is 1. The molecule has 3 aromatic heterocycles. The Morgan fingerprint density at radius 2 is 2.10 bits per heavy atom. The Morgan fingerprint density at radius 3 is 3.00 bits per heavy atom. The summed E-state index contributed by atoms with van der Waals surface area (Å²) in [5, 5.41) is 7.48. The smallest absolute Gasteiger partial charge is 0.188 e. The van der Waals surface area contributed by atoms with Gasteiger partial charge in [0.1, 0.15) is 5.82 Å². The van der Waals surface area contributed by atoms with Gasteiger partial charge in [-0.2, -0.15) is 0 Å². The summed E-state index contributed by atoms with van der Waals surface area (Å²) in [5.74, 6) is 0.862. The zero-order valence-corrected chi connectivity index (χ0v) is 17.2. The predicted molar refractivity (Wildman–Crippen MR) is 118 cm³/mol. The SMILES string of the molecule is Cc1csc(Nc2cccc([C@H]3CCCN3Cc3ccc4ncccc4c3)n2)n1. The summed E-state index contributed by atoms with van der Waals surface area (Å²) in [5.41, 5.74) is 4.53. The average molecular weight is 402 g/mol. The van der Waals surface area contributed by atoms with Gasteiger partial charge >= 0.3 is 0 Å². The van der Waals surface area contributed by atoms with Crippen molar-refractivity contribution in [1.29, 1.82) is 0 Å². The van der Waals surface area contributed by atoms with Crippen molar-refractivity contribution in [2.45, 2.75) is 32.4 Å². The highest BCUT2D eigenvalue weighted by Gasteiger charge is 2.27. The minimum absolute atomic E-state index is 0.347. The van der Waals surface area contributed by atoms with E-state index < -0.39 is 0 Å². The zero-order chi connectivity index (χ0) is 19.6. The van der Waals surface area contributed by atoms with Crippen LogP contribution in [-0.4, -0.2) is 26.4 Å². The predicted octanol–water partition coefficient (Wildman–Crippen LogP) is 5.48. The normalized spacial score (nSPS) is 17.1. The van der Waals surface area contributed by atoms with Crippen LogP contribution in [0.3, 0.4) is 0 Å². The van der Waals surface area contributed by atoms with Crippen LogP contribution >= 0.6 is 11.3 Å². The first-order chi connectivity index (χ1) is 14.2. The Balaban J connectivity index is 1.35. The second-order valence-electron chi connectivity index (χ2n) is 7.53. The Kier molecular flexibility index (Phi) is 4.96. The van der Waals surface area contributed by atoms with Gasteiger partial charge in [-0.3, -0.25) is 9.88 Å². The number of anilines is 2. The van der Waals surface area contributed by atoms with E-state index in [1.807, 2.05) is 30.6 Å². The number of hydrogen-bond acceptors (Lipinski definition) is 6. The number of nitrogens with one attached hydrogen (secondary N) is 1. The van der Waals surface area contributed by atoms with E-state index in [9.17, 15) is 0 Å². The highest BCUT2D eigenvalue weighted by molar-refractivity contribution is 7.13. The molecule has 0 saturated carbocycles. The van der Waals surface area contributed by atoms with Crippen LogP contribution in [0.1, 0.15) is 35.8 Å². The van der Waals surface area contributed by atoms with Gasteiger partial charge < -0.3 is 5.32 Å². The molecule has 146 valence electrons. The topological polar surface area (TPSA) is 53.9 Å². The largest absolute Gasteiger partial charge is 0.316 e. The molecule has 5 rings (SSSR count). The average Bonchev–Trinajstić information content (AvgIpc) is 3.37. The molecule has 1 aromatic carbocycles. The summed E-state index contributed by atoms with van der Waals surface area (Å²) >= 11 is 1.61. The van der Waals surface area contributed by atoms with Crippen molar-refractivity contribution in [1.82, 2.24) is 19.9 Å². The van der Waals surface area contributed by atoms with Gasteiger partial charge in [-0.1, -0.05) is 18.2 Å². The minimum atomic E-state index is 0.347. The van der Waals surface area contributed by atoms with Crippen LogP contribution in [0.5, 0.6) is 0 Å². The van der Waals surface area contributed by atoms with E-state index in [-0.39, 0.29) is 0 Å². The van der Waals surface area contributed by atoms with Crippen molar-refractivity contribution < 1.29 is 0 Å². The third-order valence-corrected chi connectivity index (χ3v) is 6.26. The zero-order valence-electron chi connectivity index (χ0n) is 16.4. The fourth-order valence-electron chi connectivity index (χ4n) is 4.04. The Morgan fingerprint density at radius 1 is 1.14 bits per heavy atom. The summed E-state index contributed by atoms with van der Waals surface area (Å²) in [4.78, 5) is 16.4. The summed E-state index contributed by atoms with van der Waals surface area (Å²) in [6.45, 7) is 4.03. The van der Waals surface area contributed by atoms with Crippen molar-refractivity contribution >= 4 is 33.2 Å². The molecular weight excluding hydrogens is 378 g/mol. The van der Waals surface area contributed by atoms with E-state index in [1.54, 1.807) is 11.3 Å². The quantitative estimate of drug-likeness (QED) is 0.480. The van der Waals surface area contributed by atoms with Crippen molar-refractivity contribution in [3.63, 3.8) is 0 Å². The molecular formula is C23H23N5S. The Bertz CT molecular complexity index is 1140. The van der Waals surface area contributed by atoms with E-state index in [4.69, 9.17) is 4.98 Å². The Labute approximate surface area is 174 Å². The number of nitrogens with zero attached hydrogens (tertiary/aromatic N) is 4. The molecule has 0 bridgehead atoms. The molecule has 1 N–H and O–H groups in total. The number of fused-ring (bicyclic) bond motifs is 1. The number of benzene rings is 1.